The number of carbonyl (C=O) groups excluding carboxylic acids is 1. The third kappa shape index (κ3) is 5.02. The summed E-state index contributed by atoms with van der Waals surface area (Å²) in [6.07, 6.45) is 9.84. The van der Waals surface area contributed by atoms with E-state index in [9.17, 15) is 10.1 Å². The minimum atomic E-state index is -0.244. The number of hydrogen-bond donors (Lipinski definition) is 0. The van der Waals surface area contributed by atoms with Gasteiger partial charge in [-0.05, 0) is 50.5 Å². The normalized spacial score (nSPS) is 21.8. The van der Waals surface area contributed by atoms with E-state index in [0.717, 1.165) is 48.9 Å². The third-order valence-corrected chi connectivity index (χ3v) is 8.23. The summed E-state index contributed by atoms with van der Waals surface area (Å²) >= 11 is 6.31. The molecule has 0 aromatic carbocycles. The molecule has 0 radical (unpaired) electrons. The number of rotatable bonds is 6. The second kappa shape index (κ2) is 10.7. The van der Waals surface area contributed by atoms with E-state index in [1.165, 1.54) is 25.7 Å². The van der Waals surface area contributed by atoms with Crippen LogP contribution in [0.15, 0.2) is 24.5 Å². The molecule has 1 amide bonds. The van der Waals surface area contributed by atoms with E-state index in [2.05, 4.69) is 27.4 Å². The Morgan fingerprint density at radius 1 is 1.19 bits per heavy atom. The molecule has 37 heavy (non-hydrogen) atoms. The summed E-state index contributed by atoms with van der Waals surface area (Å²) in [4.78, 5) is 31.4. The Bertz CT molecular complexity index is 1340. The fourth-order valence-electron chi connectivity index (χ4n) is 5.78. The van der Waals surface area contributed by atoms with E-state index in [4.69, 9.17) is 21.6 Å². The number of fused-ring (bicyclic) bond motifs is 1. The Morgan fingerprint density at radius 3 is 2.68 bits per heavy atom. The van der Waals surface area contributed by atoms with Gasteiger partial charge in [0.1, 0.15) is 17.8 Å². The van der Waals surface area contributed by atoms with Crippen LogP contribution in [0.5, 0.6) is 0 Å². The predicted molar refractivity (Wildman–Crippen MR) is 145 cm³/mol. The van der Waals surface area contributed by atoms with Gasteiger partial charge >= 0.3 is 0 Å². The van der Waals surface area contributed by atoms with Gasteiger partial charge in [0, 0.05) is 50.7 Å². The largest absolute Gasteiger partial charge is 0.344 e. The molecule has 2 aliphatic rings. The summed E-state index contributed by atoms with van der Waals surface area (Å²) in [5, 5.41) is 10.3. The summed E-state index contributed by atoms with van der Waals surface area (Å²) in [5.41, 5.74) is 3.28. The monoisotopic (exact) mass is 519 g/mol. The SMILES string of the molecule is CCN(C)C(=O)[C@@H]1CCCN1c1nc2cc(C#N)nc(-c3cncc(Cl)c3)c2n1CC1CCC(C)CC1. The first kappa shape index (κ1) is 25.5. The van der Waals surface area contributed by atoms with Crippen molar-refractivity contribution in [3.05, 3.63) is 35.2 Å². The van der Waals surface area contributed by atoms with Gasteiger partial charge in [-0.1, -0.05) is 31.4 Å². The first-order chi connectivity index (χ1) is 17.9. The molecule has 0 unspecified atom stereocenters. The minimum Gasteiger partial charge on any atom is -0.344 e. The summed E-state index contributed by atoms with van der Waals surface area (Å²) in [5.74, 6) is 2.19. The highest BCUT2D eigenvalue weighted by Crippen LogP contribution is 2.37. The van der Waals surface area contributed by atoms with Crippen molar-refractivity contribution in [2.75, 3.05) is 25.0 Å². The van der Waals surface area contributed by atoms with E-state index in [1.807, 2.05) is 20.0 Å². The average Bonchev–Trinajstić information content (AvgIpc) is 3.53. The molecule has 1 saturated carbocycles. The summed E-state index contributed by atoms with van der Waals surface area (Å²) in [6.45, 7) is 6.56. The average molecular weight is 520 g/mol. The standard InChI is InChI=1S/C28H34ClN7O/c1-4-34(3)27(37)24-6-5-11-35(24)28-33-23-13-22(14-30)32-25(20-12-21(29)16-31-15-20)26(23)36(28)17-19-9-7-18(2)8-10-19/h12-13,15-16,18-19,24H,4-11,17H2,1-3H3/t18?,19?,24-/m0/s1. The number of nitriles is 1. The van der Waals surface area contributed by atoms with Crippen LogP contribution in [0, 0.1) is 23.2 Å². The Balaban J connectivity index is 1.69. The fourth-order valence-corrected chi connectivity index (χ4v) is 5.95. The molecule has 3 aromatic heterocycles. The molecule has 1 aliphatic heterocycles. The van der Waals surface area contributed by atoms with Crippen molar-refractivity contribution in [2.45, 2.75) is 65.0 Å². The molecule has 2 fully saturated rings. The number of pyridine rings is 2. The number of imidazole rings is 1. The maximum absolute atomic E-state index is 13.3. The lowest BCUT2D eigenvalue weighted by Crippen LogP contribution is -2.45. The van der Waals surface area contributed by atoms with Crippen LogP contribution in [0.25, 0.3) is 22.3 Å². The first-order valence-electron chi connectivity index (χ1n) is 13.3. The van der Waals surface area contributed by atoms with E-state index in [0.29, 0.717) is 34.4 Å². The van der Waals surface area contributed by atoms with Crippen molar-refractivity contribution in [3.8, 4) is 17.3 Å². The van der Waals surface area contributed by atoms with Crippen LogP contribution in [-0.4, -0.2) is 56.5 Å². The van der Waals surface area contributed by atoms with Gasteiger partial charge < -0.3 is 14.4 Å². The Hall–Kier alpha value is -3.18. The van der Waals surface area contributed by atoms with Crippen molar-refractivity contribution >= 4 is 34.5 Å². The predicted octanol–water partition coefficient (Wildman–Crippen LogP) is 5.29. The van der Waals surface area contributed by atoms with Crippen molar-refractivity contribution < 1.29 is 4.79 Å². The van der Waals surface area contributed by atoms with E-state index < -0.39 is 0 Å². The minimum absolute atomic E-state index is 0.125. The van der Waals surface area contributed by atoms with Gasteiger partial charge in [-0.3, -0.25) is 9.78 Å². The lowest BCUT2D eigenvalue weighted by Gasteiger charge is -2.31. The molecular formula is C28H34ClN7O. The molecule has 1 atom stereocenters. The zero-order valence-corrected chi connectivity index (χ0v) is 22.6. The van der Waals surface area contributed by atoms with Crippen molar-refractivity contribution in [3.63, 3.8) is 0 Å². The molecular weight excluding hydrogens is 486 g/mol. The fraction of sp³-hybridized carbons (Fsp3) is 0.536. The Morgan fingerprint density at radius 2 is 1.97 bits per heavy atom. The van der Waals surface area contributed by atoms with Crippen molar-refractivity contribution in [1.82, 2.24) is 24.4 Å². The third-order valence-electron chi connectivity index (χ3n) is 8.02. The highest BCUT2D eigenvalue weighted by atomic mass is 35.5. The smallest absolute Gasteiger partial charge is 0.245 e. The topological polar surface area (TPSA) is 90.9 Å². The summed E-state index contributed by atoms with van der Waals surface area (Å²) < 4.78 is 2.26. The molecule has 1 saturated heterocycles. The molecule has 4 heterocycles. The van der Waals surface area contributed by atoms with Crippen LogP contribution < -0.4 is 4.90 Å². The number of nitrogens with zero attached hydrogens (tertiary/aromatic N) is 7. The number of anilines is 1. The summed E-state index contributed by atoms with van der Waals surface area (Å²) in [7, 11) is 1.86. The second-order valence-corrected chi connectivity index (χ2v) is 11.0. The van der Waals surface area contributed by atoms with Crippen LogP contribution in [0.1, 0.15) is 58.1 Å². The van der Waals surface area contributed by atoms with Crippen LogP contribution in [-0.2, 0) is 11.3 Å². The number of amides is 1. The molecule has 1 aliphatic carbocycles. The lowest BCUT2D eigenvalue weighted by atomic mass is 9.83. The van der Waals surface area contributed by atoms with Gasteiger partial charge in [0.2, 0.25) is 11.9 Å². The molecule has 194 valence electrons. The maximum atomic E-state index is 13.3. The van der Waals surface area contributed by atoms with Crippen LogP contribution in [0.3, 0.4) is 0 Å². The highest BCUT2D eigenvalue weighted by molar-refractivity contribution is 6.30. The van der Waals surface area contributed by atoms with E-state index in [-0.39, 0.29) is 11.9 Å². The molecule has 3 aromatic rings. The van der Waals surface area contributed by atoms with Gasteiger partial charge in [-0.2, -0.15) is 5.26 Å². The maximum Gasteiger partial charge on any atom is 0.245 e. The van der Waals surface area contributed by atoms with Gasteiger partial charge in [-0.15, -0.1) is 0 Å². The van der Waals surface area contributed by atoms with Gasteiger partial charge in [0.05, 0.1) is 21.7 Å². The van der Waals surface area contributed by atoms with E-state index in [1.54, 1.807) is 23.4 Å². The van der Waals surface area contributed by atoms with Gasteiger partial charge in [-0.25, -0.2) is 9.97 Å². The molecule has 0 N–H and O–H groups in total. The molecule has 5 rings (SSSR count). The zero-order chi connectivity index (χ0) is 26.1. The number of carbonyl (C=O) groups is 1. The van der Waals surface area contributed by atoms with Crippen LogP contribution in [0.2, 0.25) is 5.02 Å². The summed E-state index contributed by atoms with van der Waals surface area (Å²) in [6, 6.07) is 5.53. The van der Waals surface area contributed by atoms with Crippen molar-refractivity contribution in [2.24, 2.45) is 11.8 Å². The van der Waals surface area contributed by atoms with Crippen LogP contribution in [0.4, 0.5) is 5.95 Å². The number of hydrogen-bond acceptors (Lipinski definition) is 6. The zero-order valence-electron chi connectivity index (χ0n) is 21.8. The molecule has 0 bridgehead atoms. The first-order valence-corrected chi connectivity index (χ1v) is 13.7. The molecule has 0 spiro atoms. The van der Waals surface area contributed by atoms with Gasteiger partial charge in [0.15, 0.2) is 0 Å². The second-order valence-electron chi connectivity index (χ2n) is 10.6. The lowest BCUT2D eigenvalue weighted by molar-refractivity contribution is -0.130. The van der Waals surface area contributed by atoms with Crippen LogP contribution >= 0.6 is 11.6 Å². The Kier molecular flexibility index (Phi) is 7.34. The number of aromatic nitrogens is 4. The van der Waals surface area contributed by atoms with E-state index >= 15 is 0 Å². The molecule has 8 nitrogen and oxygen atoms in total. The number of halogens is 1. The number of likely N-dealkylation sites (N-methyl/N-ethyl adjacent to an activating group) is 1. The van der Waals surface area contributed by atoms with Crippen molar-refractivity contribution in [1.29, 1.82) is 5.26 Å². The quantitative estimate of drug-likeness (QED) is 0.439. The highest BCUT2D eigenvalue weighted by Gasteiger charge is 2.36. The van der Waals surface area contributed by atoms with Gasteiger partial charge in [0.25, 0.3) is 0 Å². The molecule has 9 heteroatoms. The Labute approximate surface area is 223 Å².